The summed E-state index contributed by atoms with van der Waals surface area (Å²) >= 11 is 0. The van der Waals surface area contributed by atoms with Crippen molar-refractivity contribution in [1.29, 1.82) is 0 Å². The van der Waals surface area contributed by atoms with E-state index in [2.05, 4.69) is 6.92 Å². The molecule has 0 aromatic rings. The van der Waals surface area contributed by atoms with Crippen LogP contribution >= 0.6 is 0 Å². The molecule has 0 aliphatic heterocycles. The molecule has 0 amide bonds. The highest BCUT2D eigenvalue weighted by atomic mass is 16.5. The standard InChI is InChI=1S/C13H26O3/c1-5-12(6-2)13(14)16-10-8-11(3)7-9-15-4/h11-12H,5-10H2,1-4H3. The molecular formula is C13H26O3. The zero-order chi connectivity index (χ0) is 12.4. The van der Waals surface area contributed by atoms with Gasteiger partial charge < -0.3 is 9.47 Å². The van der Waals surface area contributed by atoms with Crippen LogP contribution in [0.3, 0.4) is 0 Å². The lowest BCUT2D eigenvalue weighted by molar-refractivity contribution is -0.149. The summed E-state index contributed by atoms with van der Waals surface area (Å²) in [5, 5.41) is 0. The second-order valence-electron chi connectivity index (χ2n) is 4.36. The average molecular weight is 230 g/mol. The smallest absolute Gasteiger partial charge is 0.308 e. The van der Waals surface area contributed by atoms with E-state index in [1.54, 1.807) is 7.11 Å². The lowest BCUT2D eigenvalue weighted by Gasteiger charge is -2.14. The van der Waals surface area contributed by atoms with Crippen molar-refractivity contribution in [3.63, 3.8) is 0 Å². The quantitative estimate of drug-likeness (QED) is 0.571. The zero-order valence-electron chi connectivity index (χ0n) is 11.1. The Morgan fingerprint density at radius 2 is 1.69 bits per heavy atom. The van der Waals surface area contributed by atoms with Crippen molar-refractivity contribution in [1.82, 2.24) is 0 Å². The lowest BCUT2D eigenvalue weighted by atomic mass is 10.0. The lowest BCUT2D eigenvalue weighted by Crippen LogP contribution is -2.18. The van der Waals surface area contributed by atoms with Gasteiger partial charge in [0.2, 0.25) is 0 Å². The van der Waals surface area contributed by atoms with Crippen LogP contribution in [-0.4, -0.2) is 26.3 Å². The summed E-state index contributed by atoms with van der Waals surface area (Å²) in [7, 11) is 1.71. The van der Waals surface area contributed by atoms with Crippen molar-refractivity contribution >= 4 is 5.97 Å². The molecule has 0 radical (unpaired) electrons. The molecule has 1 unspecified atom stereocenters. The maximum absolute atomic E-state index is 11.6. The molecule has 0 heterocycles. The van der Waals surface area contributed by atoms with Crippen LogP contribution in [0.2, 0.25) is 0 Å². The van der Waals surface area contributed by atoms with E-state index < -0.39 is 0 Å². The van der Waals surface area contributed by atoms with Gasteiger partial charge in [0.25, 0.3) is 0 Å². The number of esters is 1. The van der Waals surface area contributed by atoms with E-state index in [0.29, 0.717) is 12.5 Å². The van der Waals surface area contributed by atoms with E-state index >= 15 is 0 Å². The number of ether oxygens (including phenoxy) is 2. The zero-order valence-corrected chi connectivity index (χ0v) is 11.1. The molecule has 1 atom stereocenters. The number of hydrogen-bond donors (Lipinski definition) is 0. The van der Waals surface area contributed by atoms with Gasteiger partial charge in [-0.25, -0.2) is 0 Å². The minimum absolute atomic E-state index is 0.0380. The number of methoxy groups -OCH3 is 1. The van der Waals surface area contributed by atoms with Crippen LogP contribution in [0.25, 0.3) is 0 Å². The Morgan fingerprint density at radius 1 is 1.12 bits per heavy atom. The SMILES string of the molecule is CCC(CC)C(=O)OCCC(C)CCOC. The second-order valence-corrected chi connectivity index (χ2v) is 4.36. The molecular weight excluding hydrogens is 204 g/mol. The Morgan fingerprint density at radius 3 is 2.19 bits per heavy atom. The van der Waals surface area contributed by atoms with Gasteiger partial charge in [-0.05, 0) is 31.6 Å². The van der Waals surface area contributed by atoms with Crippen molar-refractivity contribution in [2.75, 3.05) is 20.3 Å². The van der Waals surface area contributed by atoms with Crippen LogP contribution < -0.4 is 0 Å². The summed E-state index contributed by atoms with van der Waals surface area (Å²) in [5.74, 6) is 0.590. The third-order valence-electron chi connectivity index (χ3n) is 2.99. The van der Waals surface area contributed by atoms with Crippen LogP contribution in [0, 0.1) is 11.8 Å². The Labute approximate surface area is 99.5 Å². The topological polar surface area (TPSA) is 35.5 Å². The monoisotopic (exact) mass is 230 g/mol. The van der Waals surface area contributed by atoms with E-state index in [4.69, 9.17) is 9.47 Å². The van der Waals surface area contributed by atoms with Crippen LogP contribution in [-0.2, 0) is 14.3 Å². The first-order valence-electron chi connectivity index (χ1n) is 6.31. The summed E-state index contributed by atoms with van der Waals surface area (Å²) in [5.41, 5.74) is 0. The average Bonchev–Trinajstić information content (AvgIpc) is 2.28. The van der Waals surface area contributed by atoms with E-state index in [1.165, 1.54) is 0 Å². The Hall–Kier alpha value is -0.570. The molecule has 0 saturated heterocycles. The fourth-order valence-electron chi connectivity index (χ4n) is 1.56. The second kappa shape index (κ2) is 9.64. The molecule has 0 saturated carbocycles. The van der Waals surface area contributed by atoms with Gasteiger partial charge in [-0.3, -0.25) is 4.79 Å². The molecule has 0 aliphatic rings. The van der Waals surface area contributed by atoms with E-state index in [-0.39, 0.29) is 11.9 Å². The van der Waals surface area contributed by atoms with Crippen LogP contribution in [0.5, 0.6) is 0 Å². The molecule has 0 fully saturated rings. The van der Waals surface area contributed by atoms with Crippen molar-refractivity contribution in [3.8, 4) is 0 Å². The van der Waals surface area contributed by atoms with Gasteiger partial charge in [0.05, 0.1) is 12.5 Å². The molecule has 0 spiro atoms. The fraction of sp³-hybridized carbons (Fsp3) is 0.923. The highest BCUT2D eigenvalue weighted by Gasteiger charge is 2.15. The van der Waals surface area contributed by atoms with Crippen molar-refractivity contribution in [3.05, 3.63) is 0 Å². The first kappa shape index (κ1) is 15.4. The van der Waals surface area contributed by atoms with E-state index in [1.807, 2.05) is 13.8 Å². The van der Waals surface area contributed by atoms with Gasteiger partial charge in [-0.15, -0.1) is 0 Å². The maximum atomic E-state index is 11.6. The predicted octanol–water partition coefficient (Wildman–Crippen LogP) is 3.03. The molecule has 16 heavy (non-hydrogen) atoms. The molecule has 96 valence electrons. The van der Waals surface area contributed by atoms with E-state index in [9.17, 15) is 4.79 Å². The maximum Gasteiger partial charge on any atom is 0.308 e. The summed E-state index contributed by atoms with van der Waals surface area (Å²) in [6, 6.07) is 0. The van der Waals surface area contributed by atoms with Crippen LogP contribution in [0.4, 0.5) is 0 Å². The van der Waals surface area contributed by atoms with Gasteiger partial charge in [-0.1, -0.05) is 20.8 Å². The van der Waals surface area contributed by atoms with Crippen molar-refractivity contribution in [2.45, 2.75) is 46.5 Å². The number of hydrogen-bond acceptors (Lipinski definition) is 3. The van der Waals surface area contributed by atoms with Crippen LogP contribution in [0.1, 0.15) is 46.5 Å². The minimum atomic E-state index is -0.0380. The molecule has 0 aromatic heterocycles. The highest BCUT2D eigenvalue weighted by molar-refractivity contribution is 5.72. The molecule has 0 aromatic carbocycles. The number of carbonyl (C=O) groups excluding carboxylic acids is 1. The molecule has 0 rings (SSSR count). The Bertz CT molecular complexity index is 176. The summed E-state index contributed by atoms with van der Waals surface area (Å²) in [6.45, 7) is 7.53. The normalized spacial score (nSPS) is 12.8. The minimum Gasteiger partial charge on any atom is -0.465 e. The third-order valence-corrected chi connectivity index (χ3v) is 2.99. The summed E-state index contributed by atoms with van der Waals surface area (Å²) in [4.78, 5) is 11.6. The third kappa shape index (κ3) is 6.83. The van der Waals surface area contributed by atoms with E-state index in [0.717, 1.165) is 32.3 Å². The highest BCUT2D eigenvalue weighted by Crippen LogP contribution is 2.12. The first-order chi connectivity index (χ1) is 7.65. The molecule has 3 nitrogen and oxygen atoms in total. The largest absolute Gasteiger partial charge is 0.465 e. The van der Waals surface area contributed by atoms with Crippen molar-refractivity contribution < 1.29 is 14.3 Å². The van der Waals surface area contributed by atoms with Gasteiger partial charge >= 0.3 is 5.97 Å². The molecule has 3 heteroatoms. The molecule has 0 N–H and O–H groups in total. The Balaban J connectivity index is 3.60. The predicted molar refractivity (Wildman–Crippen MR) is 65.3 cm³/mol. The van der Waals surface area contributed by atoms with Gasteiger partial charge in [-0.2, -0.15) is 0 Å². The summed E-state index contributed by atoms with van der Waals surface area (Å²) < 4.78 is 10.3. The first-order valence-corrected chi connectivity index (χ1v) is 6.31. The van der Waals surface area contributed by atoms with Crippen molar-refractivity contribution in [2.24, 2.45) is 11.8 Å². The van der Waals surface area contributed by atoms with Crippen LogP contribution in [0.15, 0.2) is 0 Å². The number of rotatable bonds is 9. The van der Waals surface area contributed by atoms with Gasteiger partial charge in [0.1, 0.15) is 0 Å². The van der Waals surface area contributed by atoms with Gasteiger partial charge in [0, 0.05) is 13.7 Å². The van der Waals surface area contributed by atoms with Gasteiger partial charge in [0.15, 0.2) is 0 Å². The fourth-order valence-corrected chi connectivity index (χ4v) is 1.56. The Kier molecular flexibility index (Phi) is 9.30. The number of carbonyl (C=O) groups is 1. The summed E-state index contributed by atoms with van der Waals surface area (Å²) in [6.07, 6.45) is 3.69. The molecule has 0 bridgehead atoms. The molecule has 0 aliphatic carbocycles.